The third-order valence-electron chi connectivity index (χ3n) is 6.42. The second-order valence-corrected chi connectivity index (χ2v) is 8.93. The van der Waals surface area contributed by atoms with Crippen molar-refractivity contribution in [2.75, 3.05) is 6.61 Å². The molecule has 22 heavy (non-hydrogen) atoms. The molecule has 0 aliphatic heterocycles. The summed E-state index contributed by atoms with van der Waals surface area (Å²) in [5.74, 6) is 4.35. The molecule has 4 bridgehead atoms. The lowest BCUT2D eigenvalue weighted by molar-refractivity contribution is -0.110. The number of terminal acetylenes is 1. The molecule has 2 atom stereocenters. The highest BCUT2D eigenvalue weighted by molar-refractivity contribution is 5.36. The third kappa shape index (κ3) is 2.16. The summed E-state index contributed by atoms with van der Waals surface area (Å²) in [4.78, 5) is 0. The Hall–Kier alpha value is -1.42. The van der Waals surface area contributed by atoms with Gasteiger partial charge >= 0.3 is 0 Å². The average Bonchev–Trinajstić information content (AvgIpc) is 2.41. The topological polar surface area (TPSA) is 9.23 Å². The van der Waals surface area contributed by atoms with Crippen molar-refractivity contribution in [2.45, 2.75) is 57.8 Å². The molecule has 0 saturated heterocycles. The molecule has 0 N–H and O–H groups in total. The molecule has 4 fully saturated rings. The first-order valence-corrected chi connectivity index (χ1v) is 8.61. The Morgan fingerprint density at radius 2 is 1.68 bits per heavy atom. The van der Waals surface area contributed by atoms with E-state index in [1.54, 1.807) is 0 Å². The minimum atomic E-state index is 0.350. The summed E-state index contributed by atoms with van der Waals surface area (Å²) in [7, 11) is 0. The van der Waals surface area contributed by atoms with E-state index in [2.05, 4.69) is 44.0 Å². The molecule has 0 radical (unpaired) electrons. The zero-order valence-corrected chi connectivity index (χ0v) is 13.8. The molecular formula is C21H26O. The van der Waals surface area contributed by atoms with Crippen molar-refractivity contribution >= 4 is 0 Å². The molecule has 0 heterocycles. The molecule has 2 unspecified atom stereocenters. The lowest BCUT2D eigenvalue weighted by Crippen LogP contribution is -2.56. The second kappa shape index (κ2) is 4.54. The van der Waals surface area contributed by atoms with Crippen LogP contribution in [0.2, 0.25) is 0 Å². The first-order valence-electron chi connectivity index (χ1n) is 8.61. The Labute approximate surface area is 134 Å². The van der Waals surface area contributed by atoms with E-state index in [4.69, 9.17) is 11.2 Å². The molecule has 1 aromatic rings. The molecule has 1 nitrogen and oxygen atoms in total. The van der Waals surface area contributed by atoms with E-state index in [0.29, 0.717) is 22.9 Å². The van der Waals surface area contributed by atoms with Crippen LogP contribution in [-0.2, 0) is 5.41 Å². The van der Waals surface area contributed by atoms with Crippen LogP contribution >= 0.6 is 0 Å². The standard InChI is InChI=1S/C21H26O/c1-4-9-22-18-7-5-17(6-8-18)21-12-16-10-19(2,14-21)13-20(3,11-16)15-21/h1,5-8,16H,9-15H2,2-3H3. The van der Waals surface area contributed by atoms with Gasteiger partial charge < -0.3 is 4.74 Å². The smallest absolute Gasteiger partial charge is 0.148 e. The number of hydrogen-bond acceptors (Lipinski definition) is 1. The third-order valence-corrected chi connectivity index (χ3v) is 6.42. The van der Waals surface area contributed by atoms with Gasteiger partial charge in [-0.3, -0.25) is 0 Å². The number of hydrogen-bond donors (Lipinski definition) is 0. The van der Waals surface area contributed by atoms with Gasteiger partial charge in [0.1, 0.15) is 12.4 Å². The van der Waals surface area contributed by atoms with Crippen LogP contribution in [0.1, 0.15) is 57.9 Å². The predicted molar refractivity (Wildman–Crippen MR) is 89.9 cm³/mol. The Bertz CT molecular complexity index is 602. The first-order chi connectivity index (χ1) is 10.4. The molecular weight excluding hydrogens is 268 g/mol. The van der Waals surface area contributed by atoms with Gasteiger partial charge in [0.25, 0.3) is 0 Å². The van der Waals surface area contributed by atoms with Gasteiger partial charge in [-0.25, -0.2) is 0 Å². The van der Waals surface area contributed by atoms with Crippen LogP contribution in [-0.4, -0.2) is 6.61 Å². The van der Waals surface area contributed by atoms with Crippen LogP contribution in [0.4, 0.5) is 0 Å². The zero-order chi connectivity index (χ0) is 15.4. The van der Waals surface area contributed by atoms with Crippen molar-refractivity contribution in [3.63, 3.8) is 0 Å². The summed E-state index contributed by atoms with van der Waals surface area (Å²) < 4.78 is 5.53. The summed E-state index contributed by atoms with van der Waals surface area (Å²) in [6.45, 7) is 5.42. The lowest BCUT2D eigenvalue weighted by Gasteiger charge is -2.65. The van der Waals surface area contributed by atoms with Crippen LogP contribution < -0.4 is 4.74 Å². The van der Waals surface area contributed by atoms with Gasteiger partial charge in [-0.15, -0.1) is 6.42 Å². The maximum absolute atomic E-state index is 5.53. The molecule has 0 aromatic heterocycles. The maximum Gasteiger partial charge on any atom is 0.148 e. The van der Waals surface area contributed by atoms with Crippen molar-refractivity contribution in [1.29, 1.82) is 0 Å². The van der Waals surface area contributed by atoms with Crippen LogP contribution in [0.5, 0.6) is 5.75 Å². The van der Waals surface area contributed by atoms with Crippen molar-refractivity contribution < 1.29 is 4.74 Å². The highest BCUT2D eigenvalue weighted by Crippen LogP contribution is 2.69. The van der Waals surface area contributed by atoms with E-state index < -0.39 is 0 Å². The monoisotopic (exact) mass is 294 g/mol. The normalized spacial score (nSPS) is 42.1. The minimum Gasteiger partial charge on any atom is -0.481 e. The van der Waals surface area contributed by atoms with Gasteiger partial charge in [-0.05, 0) is 78.4 Å². The average molecular weight is 294 g/mol. The molecule has 0 spiro atoms. The molecule has 4 saturated carbocycles. The van der Waals surface area contributed by atoms with Gasteiger partial charge in [-0.1, -0.05) is 31.9 Å². The fraction of sp³-hybridized carbons (Fsp3) is 0.619. The Morgan fingerprint density at radius 1 is 1.05 bits per heavy atom. The van der Waals surface area contributed by atoms with Crippen molar-refractivity contribution in [1.82, 2.24) is 0 Å². The summed E-state index contributed by atoms with van der Waals surface area (Å²) in [5.41, 5.74) is 3.06. The van der Waals surface area contributed by atoms with Crippen LogP contribution in [0.3, 0.4) is 0 Å². The number of benzene rings is 1. The van der Waals surface area contributed by atoms with Crippen molar-refractivity contribution in [3.8, 4) is 18.1 Å². The number of ether oxygens (including phenoxy) is 1. The molecule has 1 aromatic carbocycles. The minimum absolute atomic E-state index is 0.350. The molecule has 116 valence electrons. The van der Waals surface area contributed by atoms with Gasteiger partial charge in [0.05, 0.1) is 0 Å². The fourth-order valence-electron chi connectivity index (χ4n) is 6.80. The zero-order valence-electron chi connectivity index (χ0n) is 13.8. The SMILES string of the molecule is C#CCOc1ccc(C23CC4CC(C)(CC(C)(C4)C2)C3)cc1. The molecule has 5 rings (SSSR count). The molecule has 4 aliphatic rings. The van der Waals surface area contributed by atoms with E-state index in [-0.39, 0.29) is 0 Å². The van der Waals surface area contributed by atoms with Gasteiger partial charge in [0.2, 0.25) is 0 Å². The maximum atomic E-state index is 5.53. The van der Waals surface area contributed by atoms with Crippen LogP contribution in [0, 0.1) is 29.1 Å². The Balaban J connectivity index is 1.66. The lowest BCUT2D eigenvalue weighted by atomic mass is 9.39. The summed E-state index contributed by atoms with van der Waals surface area (Å²) in [6, 6.07) is 8.81. The quantitative estimate of drug-likeness (QED) is 0.717. The summed E-state index contributed by atoms with van der Waals surface area (Å²) in [6.07, 6.45) is 13.7. The van der Waals surface area contributed by atoms with E-state index in [1.807, 2.05) is 0 Å². The van der Waals surface area contributed by atoms with Gasteiger partial charge in [0.15, 0.2) is 0 Å². The molecule has 4 aliphatic carbocycles. The Kier molecular flexibility index (Phi) is 2.93. The number of rotatable bonds is 3. The van der Waals surface area contributed by atoms with Gasteiger partial charge in [-0.2, -0.15) is 0 Å². The van der Waals surface area contributed by atoms with Crippen LogP contribution in [0.25, 0.3) is 0 Å². The fourth-order valence-corrected chi connectivity index (χ4v) is 6.80. The molecule has 1 heteroatoms. The van der Waals surface area contributed by atoms with Gasteiger partial charge in [0, 0.05) is 0 Å². The van der Waals surface area contributed by atoms with Crippen LogP contribution in [0.15, 0.2) is 24.3 Å². The largest absolute Gasteiger partial charge is 0.481 e. The predicted octanol–water partition coefficient (Wildman–Crippen LogP) is 4.95. The van der Waals surface area contributed by atoms with E-state index in [9.17, 15) is 0 Å². The Morgan fingerprint density at radius 3 is 2.23 bits per heavy atom. The van der Waals surface area contributed by atoms with Crippen molar-refractivity contribution in [2.24, 2.45) is 16.7 Å². The van der Waals surface area contributed by atoms with E-state index in [1.165, 1.54) is 44.1 Å². The van der Waals surface area contributed by atoms with E-state index in [0.717, 1.165) is 11.7 Å². The highest BCUT2D eigenvalue weighted by atomic mass is 16.5. The second-order valence-electron chi connectivity index (χ2n) is 8.93. The van der Waals surface area contributed by atoms with E-state index >= 15 is 0 Å². The summed E-state index contributed by atoms with van der Waals surface area (Å²) >= 11 is 0. The first kappa shape index (κ1) is 14.2. The van der Waals surface area contributed by atoms with Crippen molar-refractivity contribution in [3.05, 3.63) is 29.8 Å². The molecule has 0 amide bonds. The highest BCUT2D eigenvalue weighted by Gasteiger charge is 2.60. The summed E-state index contributed by atoms with van der Waals surface area (Å²) in [5, 5.41) is 0.